The Balaban J connectivity index is 2.00. The molecule has 0 saturated carbocycles. The van der Waals surface area contributed by atoms with Gasteiger partial charge in [0.15, 0.2) is 0 Å². The third-order valence-corrected chi connectivity index (χ3v) is 5.48. The molecule has 2 saturated heterocycles. The summed E-state index contributed by atoms with van der Waals surface area (Å²) >= 11 is 5.20. The fourth-order valence-corrected chi connectivity index (χ4v) is 4.73. The van der Waals surface area contributed by atoms with E-state index in [1.54, 1.807) is 11.3 Å². The van der Waals surface area contributed by atoms with Gasteiger partial charge < -0.3 is 5.11 Å². The van der Waals surface area contributed by atoms with Crippen LogP contribution in [0.25, 0.3) is 0 Å². The summed E-state index contributed by atoms with van der Waals surface area (Å²) in [6.07, 6.45) is 3.25. The first-order valence-corrected chi connectivity index (χ1v) is 7.14. The van der Waals surface area contributed by atoms with Crippen molar-refractivity contribution in [1.29, 1.82) is 0 Å². The van der Waals surface area contributed by atoms with Crippen LogP contribution in [0.3, 0.4) is 0 Å². The van der Waals surface area contributed by atoms with E-state index in [2.05, 4.69) is 31.6 Å². The van der Waals surface area contributed by atoms with Crippen molar-refractivity contribution in [3.8, 4) is 0 Å². The highest BCUT2D eigenvalue weighted by Crippen LogP contribution is 2.45. The summed E-state index contributed by atoms with van der Waals surface area (Å²) in [4.78, 5) is 2.43. The van der Waals surface area contributed by atoms with Gasteiger partial charge in [-0.2, -0.15) is 11.3 Å². The van der Waals surface area contributed by atoms with E-state index in [1.165, 1.54) is 6.42 Å². The zero-order valence-corrected chi connectivity index (χ0v) is 10.9. The molecule has 0 radical (unpaired) electrons. The molecule has 1 aromatic heterocycles. The largest absolute Gasteiger partial charge is 0.383 e. The molecule has 15 heavy (non-hydrogen) atoms. The Bertz CT molecular complexity index is 380. The first kappa shape index (κ1) is 10.3. The zero-order valence-electron chi connectivity index (χ0n) is 8.45. The van der Waals surface area contributed by atoms with E-state index in [0.717, 1.165) is 36.0 Å². The smallest absolute Gasteiger partial charge is 0.108 e. The lowest BCUT2D eigenvalue weighted by molar-refractivity contribution is 0.00914. The van der Waals surface area contributed by atoms with Crippen molar-refractivity contribution in [2.75, 3.05) is 13.1 Å². The van der Waals surface area contributed by atoms with Gasteiger partial charge in [0.2, 0.25) is 0 Å². The minimum atomic E-state index is -0.602. The molecule has 4 heteroatoms. The Kier molecular flexibility index (Phi) is 2.43. The maximum absolute atomic E-state index is 10.8. The number of hydrogen-bond acceptors (Lipinski definition) is 3. The van der Waals surface area contributed by atoms with Crippen molar-refractivity contribution in [3.63, 3.8) is 0 Å². The van der Waals surface area contributed by atoms with Crippen molar-refractivity contribution in [2.45, 2.75) is 30.9 Å². The Labute approximate surface area is 102 Å². The molecule has 0 aromatic carbocycles. The lowest BCUT2D eigenvalue weighted by Crippen LogP contribution is -2.38. The number of hydrogen-bond donors (Lipinski definition) is 1. The molecule has 1 aromatic rings. The Morgan fingerprint density at radius 1 is 1.47 bits per heavy atom. The standard InChI is InChI=1S/C11H14BrNOS/c12-9-7-15-6-8(9)11(14)3-5-13-4-1-2-10(11)13/h6-7,10,14H,1-5H2. The van der Waals surface area contributed by atoms with Gasteiger partial charge in [-0.15, -0.1) is 0 Å². The van der Waals surface area contributed by atoms with Crippen molar-refractivity contribution >= 4 is 27.3 Å². The average Bonchev–Trinajstić information content (AvgIpc) is 2.85. The second-order valence-corrected chi connectivity index (χ2v) is 6.10. The molecule has 2 unspecified atom stereocenters. The van der Waals surface area contributed by atoms with Gasteiger partial charge in [-0.3, -0.25) is 4.90 Å². The van der Waals surface area contributed by atoms with Crippen LogP contribution in [0.15, 0.2) is 15.2 Å². The van der Waals surface area contributed by atoms with Crippen LogP contribution in [0.2, 0.25) is 0 Å². The molecular weight excluding hydrogens is 274 g/mol. The Hall–Kier alpha value is 0.1000. The average molecular weight is 288 g/mol. The summed E-state index contributed by atoms with van der Waals surface area (Å²) in [6.45, 7) is 2.21. The minimum Gasteiger partial charge on any atom is -0.383 e. The molecule has 3 heterocycles. The molecule has 2 aliphatic heterocycles. The van der Waals surface area contributed by atoms with Crippen molar-refractivity contribution < 1.29 is 5.11 Å². The monoisotopic (exact) mass is 287 g/mol. The molecule has 2 atom stereocenters. The molecule has 0 amide bonds. The van der Waals surface area contributed by atoms with E-state index in [1.807, 2.05) is 0 Å². The van der Waals surface area contributed by atoms with Crippen LogP contribution in [-0.2, 0) is 5.60 Å². The summed E-state index contributed by atoms with van der Waals surface area (Å²) in [6, 6.07) is 0.350. The van der Waals surface area contributed by atoms with E-state index in [9.17, 15) is 5.11 Å². The third kappa shape index (κ3) is 1.42. The van der Waals surface area contributed by atoms with E-state index in [0.29, 0.717) is 6.04 Å². The second kappa shape index (κ2) is 3.55. The summed E-state index contributed by atoms with van der Waals surface area (Å²) in [5, 5.41) is 15.0. The molecule has 3 rings (SSSR count). The van der Waals surface area contributed by atoms with Crippen molar-refractivity contribution in [3.05, 3.63) is 20.8 Å². The highest BCUT2D eigenvalue weighted by Gasteiger charge is 2.49. The number of fused-ring (bicyclic) bond motifs is 1. The summed E-state index contributed by atoms with van der Waals surface area (Å²) in [5.41, 5.74) is 0.497. The molecule has 0 bridgehead atoms. The molecule has 2 nitrogen and oxygen atoms in total. The molecule has 82 valence electrons. The first-order valence-electron chi connectivity index (χ1n) is 5.40. The van der Waals surface area contributed by atoms with Gasteiger partial charge in [0.05, 0.1) is 0 Å². The SMILES string of the molecule is OC1(c2cscc2Br)CCN2CCCC21. The van der Waals surface area contributed by atoms with Crippen LogP contribution in [0.1, 0.15) is 24.8 Å². The van der Waals surface area contributed by atoms with Crippen LogP contribution >= 0.6 is 27.3 Å². The van der Waals surface area contributed by atoms with Gasteiger partial charge in [-0.25, -0.2) is 0 Å². The van der Waals surface area contributed by atoms with Gasteiger partial charge in [0, 0.05) is 28.0 Å². The fraction of sp³-hybridized carbons (Fsp3) is 0.636. The van der Waals surface area contributed by atoms with Crippen molar-refractivity contribution in [2.24, 2.45) is 0 Å². The highest BCUT2D eigenvalue weighted by atomic mass is 79.9. The minimum absolute atomic E-state index is 0.350. The first-order chi connectivity index (χ1) is 7.22. The predicted molar refractivity (Wildman–Crippen MR) is 65.1 cm³/mol. The van der Waals surface area contributed by atoms with Gasteiger partial charge in [0.1, 0.15) is 5.60 Å². The zero-order chi connectivity index (χ0) is 10.5. The molecular formula is C11H14BrNOS. The van der Waals surface area contributed by atoms with Crippen LogP contribution in [0, 0.1) is 0 Å². The lowest BCUT2D eigenvalue weighted by Gasteiger charge is -2.29. The van der Waals surface area contributed by atoms with E-state index >= 15 is 0 Å². The second-order valence-electron chi connectivity index (χ2n) is 4.50. The highest BCUT2D eigenvalue weighted by molar-refractivity contribution is 9.10. The number of halogens is 1. The fourth-order valence-electron chi connectivity index (χ4n) is 3.02. The predicted octanol–water partition coefficient (Wildman–Crippen LogP) is 2.57. The quantitative estimate of drug-likeness (QED) is 0.858. The third-order valence-electron chi connectivity index (χ3n) is 3.78. The maximum atomic E-state index is 10.8. The van der Waals surface area contributed by atoms with Crippen molar-refractivity contribution in [1.82, 2.24) is 4.90 Å². The normalized spacial score (nSPS) is 36.0. The van der Waals surface area contributed by atoms with Crippen LogP contribution in [-0.4, -0.2) is 29.1 Å². The Morgan fingerprint density at radius 2 is 2.33 bits per heavy atom. The van der Waals surface area contributed by atoms with Gasteiger partial charge >= 0.3 is 0 Å². The van der Waals surface area contributed by atoms with Gasteiger partial charge in [0.25, 0.3) is 0 Å². The molecule has 0 spiro atoms. The topological polar surface area (TPSA) is 23.5 Å². The number of rotatable bonds is 1. The van der Waals surface area contributed by atoms with Crippen LogP contribution < -0.4 is 0 Å². The summed E-state index contributed by atoms with van der Waals surface area (Å²) < 4.78 is 1.07. The number of thiophene rings is 1. The van der Waals surface area contributed by atoms with Crippen LogP contribution in [0.4, 0.5) is 0 Å². The number of nitrogens with zero attached hydrogens (tertiary/aromatic N) is 1. The maximum Gasteiger partial charge on any atom is 0.108 e. The van der Waals surface area contributed by atoms with E-state index in [-0.39, 0.29) is 0 Å². The molecule has 1 N–H and O–H groups in total. The molecule has 2 fully saturated rings. The van der Waals surface area contributed by atoms with E-state index < -0.39 is 5.60 Å². The Morgan fingerprint density at radius 3 is 3.07 bits per heavy atom. The summed E-state index contributed by atoms with van der Waals surface area (Å²) in [5.74, 6) is 0. The van der Waals surface area contributed by atoms with Gasteiger partial charge in [-0.1, -0.05) is 0 Å². The van der Waals surface area contributed by atoms with Crippen LogP contribution in [0.5, 0.6) is 0 Å². The molecule has 0 aliphatic carbocycles. The van der Waals surface area contributed by atoms with Gasteiger partial charge in [-0.05, 0) is 47.1 Å². The molecule has 2 aliphatic rings. The lowest BCUT2D eigenvalue weighted by atomic mass is 9.87. The van der Waals surface area contributed by atoms with E-state index in [4.69, 9.17) is 0 Å². The number of aliphatic hydroxyl groups is 1. The summed E-state index contributed by atoms with van der Waals surface area (Å²) in [7, 11) is 0.